The Labute approximate surface area is 185 Å². The average molecular weight is 443 g/mol. The van der Waals surface area contributed by atoms with Crippen molar-refractivity contribution >= 4 is 23.4 Å². The standard InChI is InChI=1S/C24H23ClO6/c25-19-8-4-5-9-20(19)31-22-14-29-21-12-17(10-11-18(21)24(22)27)28-15-23(26)30-13-16-6-2-1-3-7-16/h1-9,14,17-18,21H,10-13,15H2. The molecule has 2 aromatic carbocycles. The number of ketones is 1. The summed E-state index contributed by atoms with van der Waals surface area (Å²) in [5.41, 5.74) is 0.923. The van der Waals surface area contributed by atoms with Crippen LogP contribution >= 0.6 is 11.6 Å². The van der Waals surface area contributed by atoms with Gasteiger partial charge in [0.05, 0.1) is 17.0 Å². The smallest absolute Gasteiger partial charge is 0.332 e. The molecule has 2 aliphatic rings. The van der Waals surface area contributed by atoms with Crippen molar-refractivity contribution in [2.75, 3.05) is 6.61 Å². The van der Waals surface area contributed by atoms with Crippen LogP contribution in [-0.4, -0.2) is 30.6 Å². The van der Waals surface area contributed by atoms with Gasteiger partial charge >= 0.3 is 5.97 Å². The molecule has 0 amide bonds. The zero-order chi connectivity index (χ0) is 21.6. The Balaban J connectivity index is 1.26. The van der Waals surface area contributed by atoms with E-state index in [2.05, 4.69) is 0 Å². The van der Waals surface area contributed by atoms with Gasteiger partial charge in [0.15, 0.2) is 0 Å². The molecule has 31 heavy (non-hydrogen) atoms. The van der Waals surface area contributed by atoms with Crippen LogP contribution in [0.2, 0.25) is 5.02 Å². The molecule has 0 radical (unpaired) electrons. The molecule has 1 aliphatic heterocycles. The molecule has 0 saturated heterocycles. The van der Waals surface area contributed by atoms with E-state index >= 15 is 0 Å². The van der Waals surface area contributed by atoms with E-state index in [-0.39, 0.29) is 42.9 Å². The fraction of sp³-hybridized carbons (Fsp3) is 0.333. The number of benzene rings is 2. The maximum atomic E-state index is 12.8. The van der Waals surface area contributed by atoms with Gasteiger partial charge in [0.25, 0.3) is 0 Å². The zero-order valence-electron chi connectivity index (χ0n) is 16.9. The van der Waals surface area contributed by atoms with Crippen LogP contribution in [0.3, 0.4) is 0 Å². The van der Waals surface area contributed by atoms with Gasteiger partial charge in [0.1, 0.15) is 31.3 Å². The first-order valence-corrected chi connectivity index (χ1v) is 10.6. The predicted molar refractivity (Wildman–Crippen MR) is 113 cm³/mol. The van der Waals surface area contributed by atoms with Gasteiger partial charge < -0.3 is 18.9 Å². The Bertz CT molecular complexity index is 958. The monoisotopic (exact) mass is 442 g/mol. The van der Waals surface area contributed by atoms with E-state index in [0.29, 0.717) is 30.0 Å². The molecule has 1 heterocycles. The lowest BCUT2D eigenvalue weighted by atomic mass is 9.80. The minimum Gasteiger partial charge on any atom is -0.493 e. The molecule has 3 atom stereocenters. The molecule has 6 nitrogen and oxygen atoms in total. The fourth-order valence-corrected chi connectivity index (χ4v) is 3.94. The van der Waals surface area contributed by atoms with E-state index in [1.165, 1.54) is 6.26 Å². The topological polar surface area (TPSA) is 71.1 Å². The molecule has 7 heteroatoms. The number of carbonyl (C=O) groups excluding carboxylic acids is 2. The number of fused-ring (bicyclic) bond motifs is 1. The van der Waals surface area contributed by atoms with Crippen LogP contribution < -0.4 is 4.74 Å². The second kappa shape index (κ2) is 9.98. The maximum absolute atomic E-state index is 12.8. The molecule has 0 bridgehead atoms. The van der Waals surface area contributed by atoms with Gasteiger partial charge in [-0.15, -0.1) is 0 Å². The van der Waals surface area contributed by atoms with Crippen molar-refractivity contribution in [2.24, 2.45) is 5.92 Å². The summed E-state index contributed by atoms with van der Waals surface area (Å²) in [5, 5.41) is 0.426. The number of esters is 1. The third kappa shape index (κ3) is 5.46. The summed E-state index contributed by atoms with van der Waals surface area (Å²) in [6.45, 7) is 0.0918. The van der Waals surface area contributed by atoms with Crippen molar-refractivity contribution in [1.82, 2.24) is 0 Å². The zero-order valence-corrected chi connectivity index (χ0v) is 17.6. The maximum Gasteiger partial charge on any atom is 0.332 e. The molecule has 0 aromatic heterocycles. The van der Waals surface area contributed by atoms with Gasteiger partial charge in [0.2, 0.25) is 11.5 Å². The lowest BCUT2D eigenvalue weighted by molar-refractivity contribution is -0.156. The van der Waals surface area contributed by atoms with Crippen LogP contribution in [0.5, 0.6) is 5.75 Å². The molecule has 4 rings (SSSR count). The first-order chi connectivity index (χ1) is 15.1. The Hall–Kier alpha value is -2.83. The third-order valence-electron chi connectivity index (χ3n) is 5.41. The van der Waals surface area contributed by atoms with Crippen molar-refractivity contribution in [3.63, 3.8) is 0 Å². The molecule has 0 spiro atoms. The van der Waals surface area contributed by atoms with E-state index in [1.807, 2.05) is 30.3 Å². The minimum absolute atomic E-state index is 0.100. The van der Waals surface area contributed by atoms with Crippen molar-refractivity contribution in [1.29, 1.82) is 0 Å². The van der Waals surface area contributed by atoms with Crippen LogP contribution in [0.25, 0.3) is 0 Å². The number of rotatable bonds is 7. The Morgan fingerprint density at radius 3 is 2.65 bits per heavy atom. The van der Waals surface area contributed by atoms with Gasteiger partial charge in [-0.05, 0) is 30.5 Å². The predicted octanol–water partition coefficient (Wildman–Crippen LogP) is 4.46. The van der Waals surface area contributed by atoms with E-state index in [0.717, 1.165) is 5.56 Å². The summed E-state index contributed by atoms with van der Waals surface area (Å²) < 4.78 is 22.4. The average Bonchev–Trinajstić information content (AvgIpc) is 2.80. The molecule has 1 fully saturated rings. The van der Waals surface area contributed by atoms with Crippen LogP contribution in [0.1, 0.15) is 24.8 Å². The Kier molecular flexibility index (Phi) is 6.89. The molecule has 1 saturated carbocycles. The fourth-order valence-electron chi connectivity index (χ4n) is 3.77. The first-order valence-electron chi connectivity index (χ1n) is 10.2. The summed E-state index contributed by atoms with van der Waals surface area (Å²) in [4.78, 5) is 24.8. The van der Waals surface area contributed by atoms with E-state index in [4.69, 9.17) is 30.5 Å². The third-order valence-corrected chi connectivity index (χ3v) is 5.72. The van der Waals surface area contributed by atoms with Crippen LogP contribution in [0.4, 0.5) is 0 Å². The number of halogens is 1. The number of Topliss-reactive ketones (excluding diaryl/α,β-unsaturated/α-hetero) is 1. The highest BCUT2D eigenvalue weighted by Gasteiger charge is 2.41. The molecular weight excluding hydrogens is 420 g/mol. The molecule has 1 aliphatic carbocycles. The van der Waals surface area contributed by atoms with Gasteiger partial charge in [-0.25, -0.2) is 4.79 Å². The largest absolute Gasteiger partial charge is 0.493 e. The minimum atomic E-state index is -0.415. The number of para-hydroxylation sites is 1. The highest BCUT2D eigenvalue weighted by atomic mass is 35.5. The number of hydrogen-bond donors (Lipinski definition) is 0. The first kappa shape index (κ1) is 21.4. The molecular formula is C24H23ClO6. The van der Waals surface area contributed by atoms with Gasteiger partial charge in [-0.2, -0.15) is 0 Å². The van der Waals surface area contributed by atoms with Crippen molar-refractivity contribution in [2.45, 2.75) is 38.1 Å². The number of hydrogen-bond acceptors (Lipinski definition) is 6. The second-order valence-corrected chi connectivity index (χ2v) is 7.96. The van der Waals surface area contributed by atoms with Crippen LogP contribution in [0.15, 0.2) is 66.6 Å². The van der Waals surface area contributed by atoms with Gasteiger partial charge in [-0.3, -0.25) is 4.79 Å². The number of ether oxygens (including phenoxy) is 4. The lowest BCUT2D eigenvalue weighted by Crippen LogP contribution is -2.42. The van der Waals surface area contributed by atoms with Crippen LogP contribution in [0, 0.1) is 5.92 Å². The van der Waals surface area contributed by atoms with Gasteiger partial charge in [-0.1, -0.05) is 54.1 Å². The summed E-state index contributed by atoms with van der Waals surface area (Å²) >= 11 is 6.11. The van der Waals surface area contributed by atoms with E-state index in [1.54, 1.807) is 24.3 Å². The summed E-state index contributed by atoms with van der Waals surface area (Å²) in [5.74, 6) is -0.249. The molecule has 3 unspecified atom stereocenters. The molecule has 0 N–H and O–H groups in total. The van der Waals surface area contributed by atoms with E-state index < -0.39 is 5.97 Å². The van der Waals surface area contributed by atoms with Crippen molar-refractivity contribution in [3.05, 3.63) is 77.2 Å². The highest BCUT2D eigenvalue weighted by molar-refractivity contribution is 6.32. The second-order valence-electron chi connectivity index (χ2n) is 7.55. The van der Waals surface area contributed by atoms with Crippen LogP contribution in [-0.2, 0) is 30.4 Å². The Morgan fingerprint density at radius 2 is 1.84 bits per heavy atom. The van der Waals surface area contributed by atoms with Crippen molar-refractivity contribution < 1.29 is 28.5 Å². The molecule has 162 valence electrons. The summed E-state index contributed by atoms with van der Waals surface area (Å²) in [7, 11) is 0. The van der Waals surface area contributed by atoms with Gasteiger partial charge in [0, 0.05) is 6.42 Å². The van der Waals surface area contributed by atoms with E-state index in [9.17, 15) is 9.59 Å². The number of allylic oxidation sites excluding steroid dienone is 1. The normalized spacial score (nSPS) is 22.7. The number of carbonyl (C=O) groups is 2. The highest BCUT2D eigenvalue weighted by Crippen LogP contribution is 2.36. The molecule has 2 aromatic rings. The summed E-state index contributed by atoms with van der Waals surface area (Å²) in [6.07, 6.45) is 2.66. The lowest BCUT2D eigenvalue weighted by Gasteiger charge is -2.37. The Morgan fingerprint density at radius 1 is 1.06 bits per heavy atom. The summed E-state index contributed by atoms with van der Waals surface area (Å²) in [6, 6.07) is 16.4. The quantitative estimate of drug-likeness (QED) is 0.590. The SMILES string of the molecule is O=C(COC1CCC2C(=O)C(Oc3ccccc3Cl)=COC2C1)OCc1ccccc1. The van der Waals surface area contributed by atoms with Crippen molar-refractivity contribution in [3.8, 4) is 5.75 Å².